The lowest BCUT2D eigenvalue weighted by Crippen LogP contribution is -1.82. The van der Waals surface area contributed by atoms with Gasteiger partial charge in [-0.1, -0.05) is 78.9 Å². The summed E-state index contributed by atoms with van der Waals surface area (Å²) < 4.78 is 7.20. The lowest BCUT2D eigenvalue weighted by Gasteiger charge is -2.07. The molecule has 4 aromatic carbocycles. The normalized spacial score (nSPS) is 11.5. The van der Waals surface area contributed by atoms with Gasteiger partial charge in [0.2, 0.25) is 0 Å². The first kappa shape index (κ1) is 14.1. The maximum atomic E-state index is 6.26. The van der Waals surface area contributed by atoms with Crippen LogP contribution in [-0.4, -0.2) is 0 Å². The Morgan fingerprint density at radius 2 is 1.12 bits per heavy atom. The molecule has 24 heavy (non-hydrogen) atoms. The zero-order chi connectivity index (χ0) is 16.1. The van der Waals surface area contributed by atoms with Crippen molar-refractivity contribution >= 4 is 55.1 Å². The molecular weight excluding hydrogens is 407 g/mol. The van der Waals surface area contributed by atoms with E-state index in [4.69, 9.17) is 4.42 Å². The highest BCUT2D eigenvalue weighted by molar-refractivity contribution is 14.1. The van der Waals surface area contributed by atoms with Crippen LogP contribution in [0.1, 0.15) is 0 Å². The molecule has 0 saturated carbocycles. The Hall–Kier alpha value is -2.33. The van der Waals surface area contributed by atoms with Gasteiger partial charge in [0.15, 0.2) is 3.77 Å². The Bertz CT molecular complexity index is 1200. The molecule has 0 aliphatic rings. The second-order valence-corrected chi connectivity index (χ2v) is 6.89. The molecule has 0 amide bonds. The summed E-state index contributed by atoms with van der Waals surface area (Å²) in [4.78, 5) is 0. The molecule has 2 heteroatoms. The van der Waals surface area contributed by atoms with E-state index < -0.39 is 0 Å². The summed E-state index contributed by atoms with van der Waals surface area (Å²) in [5, 5.41) is 6.14. The van der Waals surface area contributed by atoms with Crippen molar-refractivity contribution in [3.63, 3.8) is 0 Å². The molecule has 0 unspecified atom stereocenters. The van der Waals surface area contributed by atoms with Gasteiger partial charge in [0.05, 0.1) is 0 Å². The highest BCUT2D eigenvalue weighted by Gasteiger charge is 2.19. The largest absolute Gasteiger partial charge is 0.449 e. The summed E-state index contributed by atoms with van der Waals surface area (Å²) in [6.07, 6.45) is 0. The molecule has 114 valence electrons. The monoisotopic (exact) mass is 420 g/mol. The molecule has 0 spiro atoms. The molecular formula is C22H13IO. The molecule has 0 atom stereocenters. The van der Waals surface area contributed by atoms with Crippen LogP contribution in [0.25, 0.3) is 43.6 Å². The molecule has 5 aromatic rings. The number of fused-ring (bicyclic) bond motifs is 6. The van der Waals surface area contributed by atoms with E-state index in [2.05, 4.69) is 95.4 Å². The number of rotatable bonds is 1. The standard InChI is InChI=1S/C22H13IO/c23-22-19(14-8-2-1-3-9-14)20-17-12-6-4-10-15(17)16-11-5-7-13-18(16)21(20)24-22/h1-13H. The minimum atomic E-state index is 0.940. The van der Waals surface area contributed by atoms with Gasteiger partial charge in [-0.05, 0) is 21.7 Å². The van der Waals surface area contributed by atoms with Gasteiger partial charge in [-0.25, -0.2) is 0 Å². The van der Waals surface area contributed by atoms with Crippen molar-refractivity contribution in [1.82, 2.24) is 0 Å². The zero-order valence-corrected chi connectivity index (χ0v) is 14.9. The van der Waals surface area contributed by atoms with Crippen LogP contribution in [0.15, 0.2) is 83.3 Å². The van der Waals surface area contributed by atoms with Gasteiger partial charge in [-0.3, -0.25) is 0 Å². The van der Waals surface area contributed by atoms with Crippen LogP contribution in [0.5, 0.6) is 0 Å². The highest BCUT2D eigenvalue weighted by atomic mass is 127. The summed E-state index contributed by atoms with van der Waals surface area (Å²) in [7, 11) is 0. The Morgan fingerprint density at radius 1 is 0.583 bits per heavy atom. The first-order valence-electron chi connectivity index (χ1n) is 7.91. The van der Waals surface area contributed by atoms with Gasteiger partial charge in [-0.15, -0.1) is 0 Å². The van der Waals surface area contributed by atoms with Crippen molar-refractivity contribution in [3.8, 4) is 11.1 Å². The van der Waals surface area contributed by atoms with Crippen LogP contribution in [-0.2, 0) is 0 Å². The van der Waals surface area contributed by atoms with Gasteiger partial charge < -0.3 is 4.42 Å². The van der Waals surface area contributed by atoms with E-state index in [-0.39, 0.29) is 0 Å². The topological polar surface area (TPSA) is 13.1 Å². The number of hydrogen-bond donors (Lipinski definition) is 0. The number of hydrogen-bond acceptors (Lipinski definition) is 1. The quantitative estimate of drug-likeness (QED) is 0.210. The molecule has 1 heterocycles. The smallest absolute Gasteiger partial charge is 0.172 e. The van der Waals surface area contributed by atoms with Crippen molar-refractivity contribution in [2.24, 2.45) is 0 Å². The van der Waals surface area contributed by atoms with Crippen molar-refractivity contribution < 1.29 is 4.42 Å². The van der Waals surface area contributed by atoms with E-state index >= 15 is 0 Å². The number of halogens is 1. The first-order valence-corrected chi connectivity index (χ1v) is 8.99. The Kier molecular flexibility index (Phi) is 3.13. The summed E-state index contributed by atoms with van der Waals surface area (Å²) in [6.45, 7) is 0. The third-order valence-electron chi connectivity index (χ3n) is 4.59. The SMILES string of the molecule is Ic1oc2c3ccccc3c3ccccc3c2c1-c1ccccc1. The van der Waals surface area contributed by atoms with Crippen LogP contribution in [0.2, 0.25) is 0 Å². The molecule has 1 aromatic heterocycles. The van der Waals surface area contributed by atoms with E-state index in [1.807, 2.05) is 6.07 Å². The second-order valence-electron chi connectivity index (χ2n) is 5.91. The maximum Gasteiger partial charge on any atom is 0.172 e. The van der Waals surface area contributed by atoms with E-state index in [1.54, 1.807) is 0 Å². The predicted molar refractivity (Wildman–Crippen MR) is 109 cm³/mol. The molecule has 0 bridgehead atoms. The Morgan fingerprint density at radius 3 is 1.83 bits per heavy atom. The Labute approximate surface area is 153 Å². The minimum absolute atomic E-state index is 0.940. The Balaban J connectivity index is 2.09. The van der Waals surface area contributed by atoms with Gasteiger partial charge in [0.25, 0.3) is 0 Å². The molecule has 0 aliphatic heterocycles. The molecule has 1 nitrogen and oxygen atoms in total. The van der Waals surface area contributed by atoms with E-state index in [9.17, 15) is 0 Å². The van der Waals surface area contributed by atoms with Crippen molar-refractivity contribution in [2.45, 2.75) is 0 Å². The van der Waals surface area contributed by atoms with Gasteiger partial charge >= 0.3 is 0 Å². The van der Waals surface area contributed by atoms with Crippen molar-refractivity contribution in [1.29, 1.82) is 0 Å². The highest BCUT2D eigenvalue weighted by Crippen LogP contribution is 2.43. The van der Waals surface area contributed by atoms with E-state index in [1.165, 1.54) is 38.1 Å². The van der Waals surface area contributed by atoms with Gasteiger partial charge in [0, 0.05) is 38.9 Å². The maximum absolute atomic E-state index is 6.26. The number of furan rings is 1. The lowest BCUT2D eigenvalue weighted by molar-refractivity contribution is 0.588. The zero-order valence-electron chi connectivity index (χ0n) is 12.8. The third-order valence-corrected chi connectivity index (χ3v) is 5.35. The molecule has 0 aliphatic carbocycles. The minimum Gasteiger partial charge on any atom is -0.449 e. The fraction of sp³-hybridized carbons (Fsp3) is 0. The third kappa shape index (κ3) is 1.93. The van der Waals surface area contributed by atoms with Gasteiger partial charge in [-0.2, -0.15) is 0 Å². The number of benzene rings is 4. The van der Waals surface area contributed by atoms with E-state index in [0.29, 0.717) is 0 Å². The van der Waals surface area contributed by atoms with Crippen molar-refractivity contribution in [3.05, 3.63) is 82.6 Å². The lowest BCUT2D eigenvalue weighted by atomic mass is 9.95. The van der Waals surface area contributed by atoms with Crippen LogP contribution >= 0.6 is 22.6 Å². The van der Waals surface area contributed by atoms with Crippen LogP contribution in [0.4, 0.5) is 0 Å². The van der Waals surface area contributed by atoms with Crippen molar-refractivity contribution in [2.75, 3.05) is 0 Å². The van der Waals surface area contributed by atoms with Gasteiger partial charge in [0.1, 0.15) is 5.58 Å². The molecule has 0 fully saturated rings. The molecule has 5 rings (SSSR count). The molecule has 0 N–H and O–H groups in total. The summed E-state index contributed by atoms with van der Waals surface area (Å²) in [5.74, 6) is 0. The first-order chi connectivity index (χ1) is 11.8. The average molecular weight is 420 g/mol. The predicted octanol–water partition coefficient (Wildman–Crippen LogP) is 7.01. The van der Waals surface area contributed by atoms with Crippen LogP contribution < -0.4 is 0 Å². The summed E-state index contributed by atoms with van der Waals surface area (Å²) in [5.41, 5.74) is 3.36. The van der Waals surface area contributed by atoms with E-state index in [0.717, 1.165) is 9.35 Å². The van der Waals surface area contributed by atoms with Crippen LogP contribution in [0.3, 0.4) is 0 Å². The van der Waals surface area contributed by atoms with Crippen LogP contribution in [0, 0.1) is 3.77 Å². The summed E-state index contributed by atoms with van der Waals surface area (Å²) >= 11 is 2.32. The average Bonchev–Trinajstić information content (AvgIpc) is 3.00. The molecule has 0 radical (unpaired) electrons. The fourth-order valence-corrected chi connectivity index (χ4v) is 4.37. The fourth-order valence-electron chi connectivity index (χ4n) is 3.56. The molecule has 0 saturated heterocycles. The summed E-state index contributed by atoms with van der Waals surface area (Å²) in [6, 6.07) is 27.6. The second kappa shape index (κ2) is 5.35.